The Kier molecular flexibility index (Phi) is 13.0. The smallest absolute Gasteiger partial charge is 0.333 e. The quantitative estimate of drug-likeness (QED) is 0.0530. The Hall–Kier alpha value is -3.48. The molecule has 0 saturated carbocycles. The molecular weight excluding hydrogens is 647 g/mol. The van der Waals surface area contributed by atoms with E-state index >= 15 is 0 Å². The van der Waals surface area contributed by atoms with E-state index in [1.54, 1.807) is 53.3 Å². The van der Waals surface area contributed by atoms with E-state index in [1.165, 1.54) is 31.7 Å². The molecule has 1 unspecified atom stereocenters. The van der Waals surface area contributed by atoms with Gasteiger partial charge in [0.25, 0.3) is 10.0 Å². The molecule has 10 nitrogen and oxygen atoms in total. The van der Waals surface area contributed by atoms with Crippen LogP contribution < -0.4 is 26.5 Å². The molecule has 0 fully saturated rings. The molecule has 0 spiro atoms. The van der Waals surface area contributed by atoms with E-state index in [4.69, 9.17) is 28.9 Å². The van der Waals surface area contributed by atoms with E-state index in [0.717, 1.165) is 18.4 Å². The summed E-state index contributed by atoms with van der Waals surface area (Å²) in [6, 6.07) is 16.5. The number of benzene rings is 3. The summed E-state index contributed by atoms with van der Waals surface area (Å²) >= 11 is 12.1. The van der Waals surface area contributed by atoms with Crippen molar-refractivity contribution in [1.82, 2.24) is 15.3 Å². The molecule has 1 atom stereocenters. The first-order valence-electron chi connectivity index (χ1n) is 15.5. The Morgan fingerprint density at radius 1 is 0.935 bits per heavy atom. The molecule has 1 heterocycles. The molecule has 248 valence electrons. The number of carbonyl (C=O) groups excluding carboxylic acids is 1. The van der Waals surface area contributed by atoms with Gasteiger partial charge in [0, 0.05) is 30.4 Å². The third-order valence-electron chi connectivity index (χ3n) is 7.63. The molecule has 46 heavy (non-hydrogen) atoms. The fourth-order valence-electron chi connectivity index (χ4n) is 4.98. The van der Waals surface area contributed by atoms with E-state index in [2.05, 4.69) is 27.7 Å². The fourth-order valence-corrected chi connectivity index (χ4v) is 6.58. The second-order valence-electron chi connectivity index (χ2n) is 11.2. The lowest BCUT2D eigenvalue weighted by Gasteiger charge is -2.14. The number of nitrogens with two attached hydrogens (primary N) is 1. The summed E-state index contributed by atoms with van der Waals surface area (Å²) in [6.45, 7) is 3.68. The molecule has 4 rings (SSSR count). The summed E-state index contributed by atoms with van der Waals surface area (Å²) in [5, 5.41) is 17.8. The number of fused-ring (bicyclic) bond motifs is 1. The van der Waals surface area contributed by atoms with Gasteiger partial charge >= 0.3 is 6.03 Å². The maximum atomic E-state index is 13.1. The fraction of sp³-hybridized carbons (Fsp3) is 0.364. The summed E-state index contributed by atoms with van der Waals surface area (Å²) in [6.07, 6.45) is 8.43. The largest absolute Gasteiger partial charge is 0.396 e. The molecule has 0 aliphatic heterocycles. The Balaban J connectivity index is 1.24. The Morgan fingerprint density at radius 2 is 1.63 bits per heavy atom. The van der Waals surface area contributed by atoms with Crippen molar-refractivity contribution in [3.8, 4) is 0 Å². The van der Waals surface area contributed by atoms with Crippen LogP contribution >= 0.6 is 23.2 Å². The Labute approximate surface area is 280 Å². The number of halogens is 2. The molecule has 4 aromatic rings. The Morgan fingerprint density at radius 3 is 2.35 bits per heavy atom. The van der Waals surface area contributed by atoms with Crippen LogP contribution in [0.3, 0.4) is 0 Å². The van der Waals surface area contributed by atoms with Crippen LogP contribution in [0, 0.1) is 0 Å². The summed E-state index contributed by atoms with van der Waals surface area (Å²) in [5.74, 6) is 0. The van der Waals surface area contributed by atoms with Crippen LogP contribution in [0.25, 0.3) is 10.9 Å². The van der Waals surface area contributed by atoms with E-state index < -0.39 is 16.1 Å². The second-order valence-corrected chi connectivity index (χ2v) is 13.7. The number of nitrogens with one attached hydrogen (secondary N) is 4. The second kappa shape index (κ2) is 16.9. The zero-order valence-electron chi connectivity index (χ0n) is 25.9. The van der Waals surface area contributed by atoms with E-state index in [1.807, 2.05) is 12.1 Å². The number of sulfonamides is 1. The minimum absolute atomic E-state index is 0.112. The normalized spacial score (nSPS) is 12.3. The van der Waals surface area contributed by atoms with Crippen molar-refractivity contribution in [1.29, 1.82) is 0 Å². The number of carbonyl (C=O) groups is 1. The number of aromatic nitrogens is 1. The number of rotatable bonds is 17. The summed E-state index contributed by atoms with van der Waals surface area (Å²) in [7, 11) is -3.85. The van der Waals surface area contributed by atoms with Gasteiger partial charge in [-0.05, 0) is 79.0 Å². The zero-order valence-corrected chi connectivity index (χ0v) is 28.2. The van der Waals surface area contributed by atoms with Crippen LogP contribution in [0.15, 0.2) is 71.8 Å². The number of aliphatic hydroxyl groups excluding tert-OH is 1. The lowest BCUT2D eigenvalue weighted by atomic mass is 10.1. The average Bonchev–Trinajstić information content (AvgIpc) is 3.43. The molecule has 0 radical (unpaired) electrons. The SMILES string of the molecule is CCCCCCCCNC(=O)Nn1ccc2cc(S(=O)(=O)Nc3ccc(CCNCC(O)c4cc(Cl)c(N)c(Cl)c4)cc3)ccc21. The van der Waals surface area contributed by atoms with Gasteiger partial charge in [-0.25, -0.2) is 18.6 Å². The predicted octanol–water partition coefficient (Wildman–Crippen LogP) is 6.81. The number of aliphatic hydroxyl groups is 1. The van der Waals surface area contributed by atoms with Crippen LogP contribution in [-0.2, 0) is 16.4 Å². The third-order valence-corrected chi connectivity index (χ3v) is 9.63. The van der Waals surface area contributed by atoms with Crippen molar-refractivity contribution in [2.24, 2.45) is 0 Å². The van der Waals surface area contributed by atoms with Crippen LogP contribution in [0.5, 0.6) is 0 Å². The lowest BCUT2D eigenvalue weighted by Crippen LogP contribution is -2.34. The van der Waals surface area contributed by atoms with Crippen molar-refractivity contribution in [2.45, 2.75) is 62.9 Å². The van der Waals surface area contributed by atoms with Gasteiger partial charge in [0.15, 0.2) is 0 Å². The summed E-state index contributed by atoms with van der Waals surface area (Å²) in [5.41, 5.74) is 11.5. The average molecular weight is 690 g/mol. The van der Waals surface area contributed by atoms with Gasteiger partial charge < -0.3 is 21.5 Å². The van der Waals surface area contributed by atoms with Gasteiger partial charge in [-0.1, -0.05) is 74.4 Å². The number of nitrogen functional groups attached to an aromatic ring is 1. The maximum Gasteiger partial charge on any atom is 0.333 e. The molecule has 7 N–H and O–H groups in total. The summed E-state index contributed by atoms with van der Waals surface area (Å²) < 4.78 is 30.5. The van der Waals surface area contributed by atoms with Gasteiger partial charge in [0.2, 0.25) is 0 Å². The number of hydrogen-bond acceptors (Lipinski definition) is 6. The first kappa shape index (κ1) is 35.4. The number of hydrogen-bond donors (Lipinski definition) is 6. The van der Waals surface area contributed by atoms with Gasteiger partial charge in [-0.3, -0.25) is 9.40 Å². The van der Waals surface area contributed by atoms with Gasteiger partial charge in [0.1, 0.15) is 0 Å². The van der Waals surface area contributed by atoms with Crippen molar-refractivity contribution in [3.05, 3.63) is 88.0 Å². The molecule has 0 aliphatic rings. The van der Waals surface area contributed by atoms with Crippen molar-refractivity contribution >= 4 is 61.5 Å². The van der Waals surface area contributed by atoms with Crippen LogP contribution in [0.4, 0.5) is 16.2 Å². The number of nitrogens with zero attached hydrogens (tertiary/aromatic N) is 1. The van der Waals surface area contributed by atoms with Crippen molar-refractivity contribution < 1.29 is 18.3 Å². The molecule has 3 aromatic carbocycles. The maximum absolute atomic E-state index is 13.1. The Bertz CT molecular complexity index is 1690. The van der Waals surface area contributed by atoms with Crippen molar-refractivity contribution in [2.75, 3.05) is 35.5 Å². The third kappa shape index (κ3) is 10.0. The number of urea groups is 1. The number of amides is 2. The first-order chi connectivity index (χ1) is 22.1. The summed E-state index contributed by atoms with van der Waals surface area (Å²) in [4.78, 5) is 12.5. The highest BCUT2D eigenvalue weighted by molar-refractivity contribution is 7.92. The van der Waals surface area contributed by atoms with Crippen LogP contribution in [-0.4, -0.2) is 43.9 Å². The topological polar surface area (TPSA) is 151 Å². The predicted molar refractivity (Wildman–Crippen MR) is 188 cm³/mol. The van der Waals surface area contributed by atoms with Gasteiger partial charge in [-0.2, -0.15) is 0 Å². The van der Waals surface area contributed by atoms with Crippen molar-refractivity contribution in [3.63, 3.8) is 0 Å². The monoisotopic (exact) mass is 688 g/mol. The lowest BCUT2D eigenvalue weighted by molar-refractivity contribution is 0.175. The van der Waals surface area contributed by atoms with Gasteiger partial charge in [0.05, 0.1) is 32.2 Å². The zero-order chi connectivity index (χ0) is 33.1. The molecule has 0 bridgehead atoms. The standard InChI is InChI=1S/C33H42Cl2N6O4S/c1-2-3-4-5-6-7-16-38-33(43)39-41-18-15-24-19-27(12-13-30(24)41)46(44,45)40-26-10-8-23(9-11-26)14-17-37-22-31(42)25-20-28(34)32(36)29(35)21-25/h8-13,15,18-21,31,37,40,42H,2-7,14,16-17,22,36H2,1H3,(H2,38,39,43). The minimum atomic E-state index is -3.85. The number of anilines is 2. The molecule has 0 saturated heterocycles. The van der Waals surface area contributed by atoms with Crippen LogP contribution in [0.1, 0.15) is 62.7 Å². The van der Waals surface area contributed by atoms with E-state index in [-0.39, 0.29) is 16.6 Å². The van der Waals surface area contributed by atoms with Gasteiger partial charge in [-0.15, -0.1) is 0 Å². The first-order valence-corrected chi connectivity index (χ1v) is 17.7. The highest BCUT2D eigenvalue weighted by Crippen LogP contribution is 2.31. The molecule has 13 heteroatoms. The van der Waals surface area contributed by atoms with E-state index in [0.29, 0.717) is 58.3 Å². The number of unbranched alkanes of at least 4 members (excludes halogenated alkanes) is 5. The molecular formula is C33H42Cl2N6O4S. The highest BCUT2D eigenvalue weighted by Gasteiger charge is 2.17. The van der Waals surface area contributed by atoms with E-state index in [9.17, 15) is 18.3 Å². The van der Waals surface area contributed by atoms with Crippen LogP contribution in [0.2, 0.25) is 10.0 Å². The minimum Gasteiger partial charge on any atom is -0.396 e. The molecule has 1 aromatic heterocycles. The molecule has 0 aliphatic carbocycles. The highest BCUT2D eigenvalue weighted by atomic mass is 35.5. The molecule has 2 amide bonds.